The first-order valence-corrected chi connectivity index (χ1v) is 38.3. The Balaban J connectivity index is 0.000000129. The maximum atomic E-state index is 15.0. The number of aliphatic hydroxyl groups excluding tert-OH is 1. The van der Waals surface area contributed by atoms with Crippen molar-refractivity contribution in [3.05, 3.63) is 185 Å². The lowest BCUT2D eigenvalue weighted by Crippen LogP contribution is -2.44. The zero-order valence-electron chi connectivity index (χ0n) is 61.9. The smallest absolute Gasteiger partial charge is 0.343 e. The molecule has 29 nitrogen and oxygen atoms in total. The van der Waals surface area contributed by atoms with Crippen LogP contribution in [0.3, 0.4) is 0 Å². The van der Waals surface area contributed by atoms with Gasteiger partial charge in [0.05, 0.1) is 105 Å². The van der Waals surface area contributed by atoms with E-state index in [1.165, 1.54) is 34.3 Å². The van der Waals surface area contributed by atoms with E-state index in [0.717, 1.165) is 55.1 Å². The number of hydrogen-bond donors (Lipinski definition) is 8. The van der Waals surface area contributed by atoms with E-state index in [1.807, 2.05) is 0 Å². The normalized spacial score (nSPS) is 21.2. The fourth-order valence-corrected chi connectivity index (χ4v) is 17.6. The van der Waals surface area contributed by atoms with E-state index in [2.05, 4.69) is 10.6 Å². The second kappa shape index (κ2) is 27.5. The molecule has 12 heterocycles. The van der Waals surface area contributed by atoms with Crippen molar-refractivity contribution in [2.75, 3.05) is 19.5 Å². The third-order valence-electron chi connectivity index (χ3n) is 23.4. The van der Waals surface area contributed by atoms with Crippen molar-refractivity contribution in [2.24, 2.45) is 5.73 Å². The minimum absolute atomic E-state index is 0.00920. The van der Waals surface area contributed by atoms with Crippen LogP contribution in [-0.2, 0) is 133 Å². The number of aryl methyl sites for hydroxylation is 3. The molecule has 9 N–H and O–H groups in total. The number of rotatable bonds is 8. The maximum Gasteiger partial charge on any atom is 0.343 e. The van der Waals surface area contributed by atoms with Crippen molar-refractivity contribution in [2.45, 2.75) is 181 Å². The Morgan fingerprint density at radius 3 is 1.17 bits per heavy atom. The number of carbonyl (C=O) groups is 6. The molecule has 6 atom stereocenters. The summed E-state index contributed by atoms with van der Waals surface area (Å²) >= 11 is 0. The first-order valence-electron chi connectivity index (χ1n) is 36.5. The second-order valence-corrected chi connectivity index (χ2v) is 31.0. The molecule has 0 bridgehead atoms. The molecule has 584 valence electrons. The number of nitrogens with two attached hydrogens (primary N) is 1. The monoisotopic (exact) mass is 1560 g/mol. The van der Waals surface area contributed by atoms with E-state index >= 15 is 0 Å². The summed E-state index contributed by atoms with van der Waals surface area (Å²) in [4.78, 5) is 128. The summed E-state index contributed by atoms with van der Waals surface area (Å²) in [6.07, 6.45) is 4.16. The number of nitrogens with zero attached hydrogens (tertiary/aromatic N) is 6. The van der Waals surface area contributed by atoms with Crippen LogP contribution in [0.25, 0.3) is 66.9 Å². The number of ether oxygens (including phenoxy) is 4. The molecule has 1 unspecified atom stereocenters. The van der Waals surface area contributed by atoms with Crippen molar-refractivity contribution < 1.29 is 94.3 Å². The van der Waals surface area contributed by atoms with Crippen LogP contribution in [0.1, 0.15) is 184 Å². The van der Waals surface area contributed by atoms with Gasteiger partial charge in [-0.2, -0.15) is 8.42 Å². The molecule has 0 saturated carbocycles. The Bertz CT molecular complexity index is 6110. The minimum atomic E-state index is -3.67. The van der Waals surface area contributed by atoms with Crippen LogP contribution in [0.5, 0.6) is 0 Å². The third kappa shape index (κ3) is 11.9. The Labute approximate surface area is 634 Å². The minimum Gasteiger partial charge on any atom is -0.458 e. The van der Waals surface area contributed by atoms with Crippen LogP contribution in [0.4, 0.5) is 13.2 Å². The molecule has 33 heteroatoms. The van der Waals surface area contributed by atoms with E-state index in [1.54, 1.807) is 64.3 Å². The average molecular weight is 1560 g/mol. The predicted molar refractivity (Wildman–Crippen MR) is 393 cm³/mol. The molecule has 112 heavy (non-hydrogen) atoms. The van der Waals surface area contributed by atoms with Crippen molar-refractivity contribution in [1.82, 2.24) is 39.3 Å². The molecule has 2 amide bonds. The van der Waals surface area contributed by atoms with Gasteiger partial charge in [0.2, 0.25) is 5.91 Å². The number of halogens is 3. The number of fused-ring (bicyclic) bond motifs is 15. The fourth-order valence-electron chi connectivity index (χ4n) is 17.6. The molecular formula is C79H76F3N9O20S. The Kier molecular flexibility index (Phi) is 18.7. The first-order chi connectivity index (χ1) is 53.0. The summed E-state index contributed by atoms with van der Waals surface area (Å²) < 4.78 is 95.2. The summed E-state index contributed by atoms with van der Waals surface area (Å²) in [6.45, 7) is 10.1. The lowest BCUT2D eigenvalue weighted by atomic mass is 9.81. The van der Waals surface area contributed by atoms with Crippen molar-refractivity contribution in [3.8, 4) is 34.2 Å². The van der Waals surface area contributed by atoms with Gasteiger partial charge in [-0.15, -0.1) is 0 Å². The number of pyridine rings is 6. The highest BCUT2D eigenvalue weighted by Gasteiger charge is 2.50. The van der Waals surface area contributed by atoms with Gasteiger partial charge in [-0.1, -0.05) is 20.8 Å². The van der Waals surface area contributed by atoms with Crippen LogP contribution < -0.4 is 33.0 Å². The van der Waals surface area contributed by atoms with E-state index in [4.69, 9.17) is 44.2 Å². The number of aliphatic hydroxyl groups is 4. The van der Waals surface area contributed by atoms with Gasteiger partial charge in [-0.05, 0) is 147 Å². The predicted octanol–water partition coefficient (Wildman–Crippen LogP) is 5.79. The van der Waals surface area contributed by atoms with E-state index in [9.17, 15) is 85.2 Å². The summed E-state index contributed by atoms with van der Waals surface area (Å²) in [7, 11) is -3.67. The molecule has 6 aromatic heterocycles. The van der Waals surface area contributed by atoms with Gasteiger partial charge >= 0.3 is 23.9 Å². The molecule has 9 aromatic rings. The lowest BCUT2D eigenvalue weighted by molar-refractivity contribution is -0.172. The Hall–Kier alpha value is -10.9. The number of nitrogens with one attached hydrogen (secondary N) is 2. The van der Waals surface area contributed by atoms with Crippen LogP contribution in [-0.4, -0.2) is 117 Å². The van der Waals surface area contributed by atoms with Crippen LogP contribution in [0.2, 0.25) is 0 Å². The highest BCUT2D eigenvalue weighted by Crippen LogP contribution is 2.50. The zero-order chi connectivity index (χ0) is 80.3. The Morgan fingerprint density at radius 1 is 0.536 bits per heavy atom. The van der Waals surface area contributed by atoms with E-state index in [-0.39, 0.29) is 110 Å². The van der Waals surface area contributed by atoms with Crippen LogP contribution in [0.15, 0.2) is 50.8 Å². The van der Waals surface area contributed by atoms with Gasteiger partial charge in [0.1, 0.15) is 43.9 Å². The summed E-state index contributed by atoms with van der Waals surface area (Å²) in [5, 5.41) is 50.7. The summed E-state index contributed by atoms with van der Waals surface area (Å²) in [6, 6.07) is 7.79. The number of amides is 2. The first kappa shape index (κ1) is 76.4. The van der Waals surface area contributed by atoms with Crippen molar-refractivity contribution in [3.63, 3.8) is 0 Å². The molecule has 9 aliphatic rings. The average Bonchev–Trinajstić information content (AvgIpc) is 1.47. The largest absolute Gasteiger partial charge is 0.458 e. The summed E-state index contributed by atoms with van der Waals surface area (Å²) in [5.41, 5.74) is 13.7. The number of carbonyl (C=O) groups excluding carboxylic acids is 6. The number of aromatic nitrogens is 6. The molecule has 0 radical (unpaired) electrons. The van der Waals surface area contributed by atoms with Gasteiger partial charge < -0.3 is 69.4 Å². The summed E-state index contributed by atoms with van der Waals surface area (Å²) in [5.74, 6) is -5.10. The SMILES string of the molecule is CC[C@@]1(O)C(=O)OCc2c1cc1n(c2=O)Cc2c-1nc1cc(F)c(C)c3c1c2C(NC(=O)COC(C)=O)CC3.CC[C@@]1(O)C(=O)OCc2c1cc1n(c2=O)Cc2c-1nc1cc(F)c(C)c3c1c2[C@@H](N)CC3.CC[C@@]1(O)C(=O)OCc2c1cc1n(c2=O)Cc2c-1nc1cc(F)c(C)c3c1c2[C@@H](NC(=O)CO)CC3.CS(=O)(=O)O. The molecular weight excluding hydrogens is 1480 g/mol. The molecule has 0 saturated heterocycles. The van der Waals surface area contributed by atoms with Crippen molar-refractivity contribution in [1.29, 1.82) is 0 Å². The molecule has 3 aromatic carbocycles. The van der Waals surface area contributed by atoms with Gasteiger partial charge in [-0.25, -0.2) is 42.5 Å². The van der Waals surface area contributed by atoms with E-state index in [0.29, 0.717) is 123 Å². The third-order valence-corrected chi connectivity index (χ3v) is 23.4. The quantitative estimate of drug-likeness (QED) is 0.0506. The lowest BCUT2D eigenvalue weighted by Gasteiger charge is -2.31. The number of cyclic esters (lactones) is 3. The van der Waals surface area contributed by atoms with Gasteiger partial charge in [0, 0.05) is 80.7 Å². The molecule has 3 aliphatic carbocycles. The van der Waals surface area contributed by atoms with Gasteiger partial charge in [-0.3, -0.25) is 33.3 Å². The Morgan fingerprint density at radius 2 is 0.848 bits per heavy atom. The highest BCUT2D eigenvalue weighted by atomic mass is 32.2. The molecule has 0 spiro atoms. The van der Waals surface area contributed by atoms with Crippen LogP contribution in [0, 0.1) is 38.2 Å². The van der Waals surface area contributed by atoms with Gasteiger partial charge in [0.25, 0.3) is 32.7 Å². The number of hydrogen-bond acceptors (Lipinski definition) is 23. The van der Waals surface area contributed by atoms with Gasteiger partial charge in [0.15, 0.2) is 23.4 Å². The fraction of sp³-hybridized carbons (Fsp3) is 0.392. The number of benzene rings is 3. The zero-order valence-corrected chi connectivity index (χ0v) is 62.7. The highest BCUT2D eigenvalue weighted by molar-refractivity contribution is 7.85. The number of esters is 4. The molecule has 0 fully saturated rings. The second-order valence-electron chi connectivity index (χ2n) is 29.6. The van der Waals surface area contributed by atoms with Crippen LogP contribution >= 0.6 is 0 Å². The van der Waals surface area contributed by atoms with E-state index < -0.39 is 111 Å². The maximum absolute atomic E-state index is 15.0. The molecule has 6 aliphatic heterocycles. The van der Waals surface area contributed by atoms with Crippen molar-refractivity contribution >= 4 is 78.5 Å². The molecule has 18 rings (SSSR count). The topological polar surface area (TPSA) is 429 Å². The standard InChI is InChI=1S/C28H26FN3O7.C26H24FN3O6.C24H22FN3O4.CH4O3S/c1-4-28(37)17-7-21-25-15(9-32(21)26(35)16(17)10-39-27(28)36)24-19(30-22(34)11-38-13(3)33)6-5-14-12(2)18(29)8-20(31-25)23(14)24;1-3-26(35)15-6-19-23-13(8-30(19)24(33)14(15)10-36-25(26)34)22-17(28-20(32)9-31)5-4-12-11(2)16(27)7-18(29-23)21(12)22;1-3-24(31)14-6-18-21-12(8-28(18)22(29)13(14)9-32-23(24)30)19-16(26)5-4-11-10(2)15(25)7-17(27-21)20(11)19;1-5(2,3)4/h7-8,19,37H,4-6,9-11H2,1-3H3,(H,30,34);6-7,17,31,35H,3-5,8-10H2,1-2H3,(H,28,32);6-7,16,31H,3-5,8-9,26H2,1-2H3;1H3,(H,2,3,4)/t19?,28-;17-,26-;16-,24-;/m000./s1.